The van der Waals surface area contributed by atoms with Gasteiger partial charge in [-0.05, 0) is 49.8 Å². The Kier molecular flexibility index (Phi) is 4.69. The first kappa shape index (κ1) is 18.7. The number of nitrogens with zero attached hydrogens (tertiary/aromatic N) is 6. The van der Waals surface area contributed by atoms with Gasteiger partial charge in [0.05, 0.1) is 23.6 Å². The molecule has 0 atom stereocenters. The zero-order valence-electron chi connectivity index (χ0n) is 17.0. The number of hydrogen-bond acceptors (Lipinski definition) is 6. The van der Waals surface area contributed by atoms with Crippen molar-refractivity contribution in [2.45, 2.75) is 32.1 Å². The molecule has 3 aromatic rings. The highest BCUT2D eigenvalue weighted by molar-refractivity contribution is 5.94. The molecule has 5 rings (SSSR count). The maximum absolute atomic E-state index is 12.9. The number of likely N-dealkylation sites (tertiary alicyclic amines) is 1. The zero-order valence-corrected chi connectivity index (χ0v) is 17.0. The molecule has 0 saturated carbocycles. The summed E-state index contributed by atoms with van der Waals surface area (Å²) in [4.78, 5) is 38.2. The van der Waals surface area contributed by atoms with Crippen LogP contribution in [0.15, 0.2) is 35.5 Å². The fraction of sp³-hybridized carbons (Fsp3) is 0.409. The van der Waals surface area contributed by atoms with Crippen molar-refractivity contribution in [3.8, 4) is 0 Å². The van der Waals surface area contributed by atoms with Gasteiger partial charge in [-0.25, -0.2) is 14.6 Å². The summed E-state index contributed by atoms with van der Waals surface area (Å²) in [5.74, 6) is 0.936. The number of piperidine rings is 1. The predicted octanol–water partition coefficient (Wildman–Crippen LogP) is 2.43. The smallest absolute Gasteiger partial charge is 0.292 e. The first-order valence-electron chi connectivity index (χ1n) is 10.5. The molecule has 0 unspecified atom stereocenters. The number of hydrogen-bond donors (Lipinski definition) is 0. The topological polar surface area (TPSA) is 84.2 Å². The van der Waals surface area contributed by atoms with Crippen LogP contribution in [0.3, 0.4) is 0 Å². The molecule has 8 heteroatoms. The maximum Gasteiger partial charge on any atom is 0.292 e. The molecule has 1 fully saturated rings. The van der Waals surface area contributed by atoms with E-state index in [1.165, 1.54) is 11.1 Å². The van der Waals surface area contributed by atoms with Gasteiger partial charge in [0, 0.05) is 38.3 Å². The predicted molar refractivity (Wildman–Crippen MR) is 114 cm³/mol. The molecule has 0 aliphatic carbocycles. The Morgan fingerprint density at radius 3 is 2.63 bits per heavy atom. The highest BCUT2D eigenvalue weighted by Gasteiger charge is 2.24. The van der Waals surface area contributed by atoms with Gasteiger partial charge in [-0.1, -0.05) is 0 Å². The molecule has 0 radical (unpaired) electrons. The fourth-order valence-electron chi connectivity index (χ4n) is 4.36. The number of carbonyl (C=O) groups excluding carboxylic acids is 1. The van der Waals surface area contributed by atoms with E-state index in [2.05, 4.69) is 20.0 Å². The molecule has 2 aliphatic heterocycles. The number of fused-ring (bicyclic) bond motifs is 2. The minimum Gasteiger partial charge on any atom is -0.339 e. The van der Waals surface area contributed by atoms with Crippen LogP contribution in [0.1, 0.15) is 41.6 Å². The van der Waals surface area contributed by atoms with Gasteiger partial charge >= 0.3 is 0 Å². The highest BCUT2D eigenvalue weighted by atomic mass is 16.2. The second-order valence-electron chi connectivity index (χ2n) is 8.02. The maximum atomic E-state index is 12.9. The molecule has 1 amide bonds. The molecule has 30 heavy (non-hydrogen) atoms. The van der Waals surface area contributed by atoms with Gasteiger partial charge in [0.1, 0.15) is 11.3 Å². The van der Waals surface area contributed by atoms with Crippen LogP contribution in [0.5, 0.6) is 0 Å². The monoisotopic (exact) mass is 404 g/mol. The van der Waals surface area contributed by atoms with E-state index >= 15 is 0 Å². The second-order valence-corrected chi connectivity index (χ2v) is 8.02. The van der Waals surface area contributed by atoms with Crippen molar-refractivity contribution in [2.75, 3.05) is 24.5 Å². The van der Waals surface area contributed by atoms with Crippen molar-refractivity contribution in [1.82, 2.24) is 24.6 Å². The van der Waals surface area contributed by atoms with Crippen molar-refractivity contribution in [2.24, 2.45) is 7.05 Å². The van der Waals surface area contributed by atoms with E-state index in [1.807, 2.05) is 17.0 Å². The van der Waals surface area contributed by atoms with Crippen LogP contribution < -0.4 is 10.5 Å². The summed E-state index contributed by atoms with van der Waals surface area (Å²) in [6.07, 6.45) is 10.3. The molecule has 3 aromatic heterocycles. The molecule has 8 nitrogen and oxygen atoms in total. The van der Waals surface area contributed by atoms with E-state index in [4.69, 9.17) is 0 Å². The molecule has 0 aromatic carbocycles. The van der Waals surface area contributed by atoms with Gasteiger partial charge in [0.2, 0.25) is 0 Å². The highest BCUT2D eigenvalue weighted by Crippen LogP contribution is 2.33. The minimum absolute atomic E-state index is 0.0800. The van der Waals surface area contributed by atoms with Crippen LogP contribution in [0.2, 0.25) is 0 Å². The standard InChI is InChI=1S/C22H24N6O2/c1-26-22(30)19-16(13-25-26)11-18(14-23-19)28-9-5-6-15-10-17(12-24-20(15)28)21(29)27-7-3-2-4-8-27/h10-14H,2-9H2,1H3. The van der Waals surface area contributed by atoms with Crippen molar-refractivity contribution in [3.05, 3.63) is 52.2 Å². The van der Waals surface area contributed by atoms with Crippen molar-refractivity contribution >= 4 is 28.3 Å². The fourth-order valence-corrected chi connectivity index (χ4v) is 4.36. The van der Waals surface area contributed by atoms with Gasteiger partial charge in [0.15, 0.2) is 0 Å². The number of rotatable bonds is 2. The largest absolute Gasteiger partial charge is 0.339 e. The number of amides is 1. The molecule has 0 bridgehead atoms. The van der Waals surface area contributed by atoms with Crippen LogP contribution in [0, 0.1) is 0 Å². The quantitative estimate of drug-likeness (QED) is 0.652. The molecule has 154 valence electrons. The molecular weight excluding hydrogens is 380 g/mol. The Bertz CT molecular complexity index is 1180. The van der Waals surface area contributed by atoms with Crippen molar-refractivity contribution in [3.63, 3.8) is 0 Å². The summed E-state index contributed by atoms with van der Waals surface area (Å²) in [6, 6.07) is 3.93. The summed E-state index contributed by atoms with van der Waals surface area (Å²) in [6.45, 7) is 2.47. The third-order valence-corrected chi connectivity index (χ3v) is 6.00. The lowest BCUT2D eigenvalue weighted by molar-refractivity contribution is 0.0724. The van der Waals surface area contributed by atoms with Crippen LogP contribution in [0.25, 0.3) is 10.9 Å². The normalized spacial score (nSPS) is 16.6. The van der Waals surface area contributed by atoms with Crippen LogP contribution in [-0.2, 0) is 13.5 Å². The number of carbonyl (C=O) groups is 1. The molecule has 0 spiro atoms. The van der Waals surface area contributed by atoms with Gasteiger partial charge in [-0.15, -0.1) is 0 Å². The van der Waals surface area contributed by atoms with Gasteiger partial charge < -0.3 is 9.80 Å². The van der Waals surface area contributed by atoms with E-state index in [-0.39, 0.29) is 11.5 Å². The Morgan fingerprint density at radius 1 is 0.967 bits per heavy atom. The zero-order chi connectivity index (χ0) is 20.7. The van der Waals surface area contributed by atoms with Gasteiger partial charge in [0.25, 0.3) is 11.5 Å². The lowest BCUT2D eigenvalue weighted by Gasteiger charge is -2.31. The first-order chi connectivity index (χ1) is 14.6. The molecule has 0 N–H and O–H groups in total. The molecule has 2 aliphatic rings. The van der Waals surface area contributed by atoms with Crippen molar-refractivity contribution in [1.29, 1.82) is 0 Å². The van der Waals surface area contributed by atoms with E-state index in [0.717, 1.165) is 62.4 Å². The summed E-state index contributed by atoms with van der Waals surface area (Å²) in [5, 5.41) is 4.81. The average molecular weight is 404 g/mol. The SMILES string of the molecule is Cn1ncc2cc(N3CCCc4cc(C(=O)N5CCCCC5)cnc43)cnc2c1=O. The van der Waals surface area contributed by atoms with Gasteiger partial charge in [-0.2, -0.15) is 5.10 Å². The second kappa shape index (κ2) is 7.51. The summed E-state index contributed by atoms with van der Waals surface area (Å²) in [5.41, 5.74) is 2.82. The first-order valence-corrected chi connectivity index (χ1v) is 10.5. The number of pyridine rings is 2. The van der Waals surface area contributed by atoms with E-state index in [1.54, 1.807) is 25.6 Å². The van der Waals surface area contributed by atoms with E-state index in [0.29, 0.717) is 16.5 Å². The van der Waals surface area contributed by atoms with Crippen LogP contribution in [-0.4, -0.2) is 50.2 Å². The Balaban J connectivity index is 1.48. The summed E-state index contributed by atoms with van der Waals surface area (Å²) in [7, 11) is 1.62. The average Bonchev–Trinajstić information content (AvgIpc) is 2.80. The lowest BCUT2D eigenvalue weighted by Crippen LogP contribution is -2.36. The summed E-state index contributed by atoms with van der Waals surface area (Å²) < 4.78 is 1.29. The van der Waals surface area contributed by atoms with Gasteiger partial charge in [-0.3, -0.25) is 9.59 Å². The van der Waals surface area contributed by atoms with E-state index in [9.17, 15) is 9.59 Å². The Morgan fingerprint density at radius 2 is 1.80 bits per heavy atom. The molecular formula is C22H24N6O2. The number of aromatic nitrogens is 4. The Hall–Kier alpha value is -3.29. The lowest BCUT2D eigenvalue weighted by atomic mass is 10.0. The third-order valence-electron chi connectivity index (χ3n) is 6.00. The number of aryl methyl sites for hydroxylation is 2. The van der Waals surface area contributed by atoms with Crippen LogP contribution >= 0.6 is 0 Å². The summed E-state index contributed by atoms with van der Waals surface area (Å²) >= 11 is 0. The van der Waals surface area contributed by atoms with Crippen LogP contribution in [0.4, 0.5) is 11.5 Å². The van der Waals surface area contributed by atoms with Crippen molar-refractivity contribution < 1.29 is 4.79 Å². The van der Waals surface area contributed by atoms with E-state index < -0.39 is 0 Å². The molecule has 1 saturated heterocycles. The Labute approximate surface area is 174 Å². The minimum atomic E-state index is -0.211. The third kappa shape index (κ3) is 3.22. The molecule has 5 heterocycles. The number of anilines is 2.